The van der Waals surface area contributed by atoms with Crippen molar-refractivity contribution in [3.05, 3.63) is 131 Å². The van der Waals surface area contributed by atoms with Crippen molar-refractivity contribution in [3.63, 3.8) is 0 Å². The minimum absolute atomic E-state index is 0.0739. The van der Waals surface area contributed by atoms with Gasteiger partial charge in [0.05, 0.1) is 11.2 Å². The minimum Gasteiger partial charge on any atom is -0.489 e. The van der Waals surface area contributed by atoms with E-state index in [1.807, 2.05) is 103 Å². The van der Waals surface area contributed by atoms with E-state index in [0.717, 1.165) is 16.7 Å². The predicted octanol–water partition coefficient (Wildman–Crippen LogP) is 6.09. The molecule has 0 radical (unpaired) electrons. The molecule has 206 valence electrons. The summed E-state index contributed by atoms with van der Waals surface area (Å²) in [5, 5.41) is 17.7. The normalized spacial score (nSPS) is 10.7. The third kappa shape index (κ3) is 6.71. The molecule has 0 bridgehead atoms. The molecule has 0 fully saturated rings. The van der Waals surface area contributed by atoms with Gasteiger partial charge >= 0.3 is 5.97 Å². The number of nitrogens with one attached hydrogen (secondary N) is 2. The number of carboxylic acids is 1. The van der Waals surface area contributed by atoms with Crippen molar-refractivity contribution >= 4 is 57.1 Å². The second-order valence-electron chi connectivity index (χ2n) is 9.43. The van der Waals surface area contributed by atoms with Gasteiger partial charge < -0.3 is 30.8 Å². The van der Waals surface area contributed by atoms with Crippen LogP contribution in [0.4, 0.5) is 5.69 Å². The molecule has 0 saturated carbocycles. The number of hydrogen-bond acceptors (Lipinski definition) is 4. The number of thiocarbonyl (C=S) groups is 2. The molecule has 0 unspecified atom stereocenters. The summed E-state index contributed by atoms with van der Waals surface area (Å²) in [5.74, 6) is -0.482. The fourth-order valence-electron chi connectivity index (χ4n) is 4.62. The minimum atomic E-state index is -1.09. The van der Waals surface area contributed by atoms with Crippen molar-refractivity contribution in [3.8, 4) is 5.75 Å². The summed E-state index contributed by atoms with van der Waals surface area (Å²) in [4.78, 5) is 13.0. The van der Waals surface area contributed by atoms with Crippen LogP contribution in [-0.2, 0) is 19.7 Å². The van der Waals surface area contributed by atoms with Gasteiger partial charge in [-0.3, -0.25) is 0 Å². The molecule has 0 aliphatic heterocycles. The van der Waals surface area contributed by atoms with Crippen LogP contribution in [0, 0.1) is 0 Å². The number of carboxylic acid groups (broad SMARTS) is 1. The van der Waals surface area contributed by atoms with Crippen molar-refractivity contribution < 1.29 is 14.6 Å². The van der Waals surface area contributed by atoms with E-state index in [0.29, 0.717) is 46.2 Å². The smallest absolute Gasteiger partial charge is 0.354 e. The number of carbonyl (C=O) groups is 1. The van der Waals surface area contributed by atoms with Gasteiger partial charge in [-0.1, -0.05) is 91.1 Å². The van der Waals surface area contributed by atoms with Gasteiger partial charge in [0.25, 0.3) is 0 Å². The van der Waals surface area contributed by atoms with E-state index in [4.69, 9.17) is 34.9 Å². The van der Waals surface area contributed by atoms with Crippen molar-refractivity contribution in [2.75, 3.05) is 5.32 Å². The number of anilines is 1. The quantitative estimate of drug-likeness (QED) is 0.147. The van der Waals surface area contributed by atoms with Gasteiger partial charge in [-0.15, -0.1) is 0 Å². The van der Waals surface area contributed by atoms with E-state index in [2.05, 4.69) is 10.6 Å². The van der Waals surface area contributed by atoms with Gasteiger partial charge in [-0.2, -0.15) is 0 Å². The Kier molecular flexibility index (Phi) is 8.57. The first-order valence-corrected chi connectivity index (χ1v) is 13.7. The summed E-state index contributed by atoms with van der Waals surface area (Å²) >= 11 is 10.7. The Morgan fingerprint density at radius 1 is 0.854 bits per heavy atom. The van der Waals surface area contributed by atoms with E-state index in [-0.39, 0.29) is 17.2 Å². The summed E-state index contributed by atoms with van der Waals surface area (Å²) in [6.07, 6.45) is 0. The van der Waals surface area contributed by atoms with Crippen molar-refractivity contribution in [2.45, 2.75) is 19.7 Å². The first kappa shape index (κ1) is 27.8. The van der Waals surface area contributed by atoms with Crippen molar-refractivity contribution in [1.29, 1.82) is 0 Å². The maximum atomic E-state index is 12.7. The second kappa shape index (κ2) is 12.6. The molecule has 1 heterocycles. The topological polar surface area (TPSA) is 102 Å². The van der Waals surface area contributed by atoms with Crippen molar-refractivity contribution in [1.82, 2.24) is 9.88 Å². The Hall–Kier alpha value is -4.73. The number of fused-ring (bicyclic) bond motifs is 1. The number of hydrogen-bond donors (Lipinski definition) is 4. The van der Waals surface area contributed by atoms with E-state index < -0.39 is 5.97 Å². The Morgan fingerprint density at radius 2 is 1.54 bits per heavy atom. The van der Waals surface area contributed by atoms with Gasteiger partial charge in [-0.05, 0) is 53.2 Å². The third-order valence-corrected chi connectivity index (χ3v) is 7.05. The third-order valence-electron chi connectivity index (χ3n) is 6.57. The molecule has 0 saturated heterocycles. The number of nitrogens with two attached hydrogens (primary N) is 1. The molecule has 0 spiro atoms. The monoisotopic (exact) mass is 580 g/mol. The fraction of sp³-hybridized carbons (Fsp3) is 0.0938. The maximum Gasteiger partial charge on any atom is 0.354 e. The molecule has 0 aliphatic carbocycles. The number of aromatic nitrogens is 1. The lowest BCUT2D eigenvalue weighted by Gasteiger charge is -2.13. The molecular weight excluding hydrogens is 553 g/mol. The molecule has 5 aromatic rings. The second-order valence-corrected chi connectivity index (χ2v) is 10.3. The highest BCUT2D eigenvalue weighted by atomic mass is 32.1. The summed E-state index contributed by atoms with van der Waals surface area (Å²) in [7, 11) is 0. The van der Waals surface area contributed by atoms with E-state index in [1.54, 1.807) is 4.57 Å². The van der Waals surface area contributed by atoms with E-state index in [1.165, 1.54) is 0 Å². The summed E-state index contributed by atoms with van der Waals surface area (Å²) < 4.78 is 7.82. The standard InChI is InChI=1S/C32H28N4O3S2/c33-30(40)24-13-7-12-23(16-24)19-36-27-15-14-25(39-20-22-10-5-2-6-11-22)17-26(27)28(29(36)31(37)38)35-32(41)34-18-21-8-3-1-4-9-21/h1-17H,18-20H2,(H2,33,40)(H,37,38)(H2,34,35,41). The lowest BCUT2D eigenvalue weighted by atomic mass is 10.1. The molecule has 4 aromatic carbocycles. The predicted molar refractivity (Wildman–Crippen MR) is 171 cm³/mol. The molecule has 9 heteroatoms. The number of ether oxygens (including phenoxy) is 1. The van der Waals surface area contributed by atoms with Gasteiger partial charge in [0.1, 0.15) is 17.3 Å². The van der Waals surface area contributed by atoms with Crippen LogP contribution in [0.15, 0.2) is 103 Å². The molecule has 41 heavy (non-hydrogen) atoms. The molecular formula is C32H28N4O3S2. The Bertz CT molecular complexity index is 1720. The Balaban J connectivity index is 1.53. The Morgan fingerprint density at radius 3 is 2.22 bits per heavy atom. The number of benzene rings is 4. The average Bonchev–Trinajstić information content (AvgIpc) is 3.28. The first-order chi connectivity index (χ1) is 19.9. The number of aromatic carboxylic acids is 1. The van der Waals surface area contributed by atoms with E-state index in [9.17, 15) is 9.90 Å². The highest BCUT2D eigenvalue weighted by Crippen LogP contribution is 2.35. The van der Waals surface area contributed by atoms with Gasteiger partial charge in [0.15, 0.2) is 10.8 Å². The van der Waals surface area contributed by atoms with Crippen LogP contribution in [0.5, 0.6) is 5.75 Å². The zero-order valence-corrected chi connectivity index (χ0v) is 23.7. The molecule has 5 N–H and O–H groups in total. The SMILES string of the molecule is NC(=S)c1cccc(Cn2c(C(=O)O)c(NC(=S)NCc3ccccc3)c3cc(OCc4ccccc4)ccc32)c1. The van der Waals surface area contributed by atoms with Crippen LogP contribution in [0.1, 0.15) is 32.7 Å². The van der Waals surface area contributed by atoms with Crippen LogP contribution in [0.25, 0.3) is 10.9 Å². The molecule has 5 rings (SSSR count). The summed E-state index contributed by atoms with van der Waals surface area (Å²) in [5.41, 5.74) is 10.7. The summed E-state index contributed by atoms with van der Waals surface area (Å²) in [6.45, 7) is 1.15. The molecule has 1 aromatic heterocycles. The average molecular weight is 581 g/mol. The lowest BCUT2D eigenvalue weighted by molar-refractivity contribution is 0.0687. The molecule has 0 aliphatic rings. The lowest BCUT2D eigenvalue weighted by Crippen LogP contribution is -2.28. The van der Waals surface area contributed by atoms with Crippen LogP contribution >= 0.6 is 24.4 Å². The molecule has 0 atom stereocenters. The maximum absolute atomic E-state index is 12.7. The van der Waals surface area contributed by atoms with Gasteiger partial charge in [-0.25, -0.2) is 4.79 Å². The zero-order valence-electron chi connectivity index (χ0n) is 22.0. The van der Waals surface area contributed by atoms with E-state index >= 15 is 0 Å². The van der Waals surface area contributed by atoms with Gasteiger partial charge in [0, 0.05) is 24.0 Å². The zero-order chi connectivity index (χ0) is 28.8. The summed E-state index contributed by atoms with van der Waals surface area (Å²) in [6, 6.07) is 32.7. The van der Waals surface area contributed by atoms with Gasteiger partial charge in [0.2, 0.25) is 0 Å². The fourth-order valence-corrected chi connectivity index (χ4v) is 4.92. The molecule has 7 nitrogen and oxygen atoms in total. The van der Waals surface area contributed by atoms with Crippen LogP contribution < -0.4 is 21.1 Å². The molecule has 0 amide bonds. The van der Waals surface area contributed by atoms with Crippen LogP contribution in [-0.4, -0.2) is 25.7 Å². The van der Waals surface area contributed by atoms with Crippen LogP contribution in [0.3, 0.4) is 0 Å². The Labute approximate surface area is 248 Å². The van der Waals surface area contributed by atoms with Crippen LogP contribution in [0.2, 0.25) is 0 Å². The largest absolute Gasteiger partial charge is 0.489 e. The number of rotatable bonds is 10. The van der Waals surface area contributed by atoms with Crippen molar-refractivity contribution in [2.24, 2.45) is 5.73 Å². The highest BCUT2D eigenvalue weighted by Gasteiger charge is 2.24. The highest BCUT2D eigenvalue weighted by molar-refractivity contribution is 7.80. The number of nitrogens with zero attached hydrogens (tertiary/aromatic N) is 1. The first-order valence-electron chi connectivity index (χ1n) is 12.9.